The van der Waals surface area contributed by atoms with Crippen LogP contribution in [0.3, 0.4) is 0 Å². The van der Waals surface area contributed by atoms with Gasteiger partial charge in [-0.05, 0) is 6.42 Å². The largest absolute Gasteiger partial charge is 0.394 e. The molecule has 68 valence electrons. The summed E-state index contributed by atoms with van der Waals surface area (Å²) < 4.78 is 0. The van der Waals surface area contributed by atoms with Crippen molar-refractivity contribution in [3.63, 3.8) is 0 Å². The fourth-order valence-electron chi connectivity index (χ4n) is 1.20. The molecule has 5 heteroatoms. The fraction of sp³-hybridized carbons (Fsp3) is 0.714. The Balaban J connectivity index is 2.70. The number of carbonyl (C=O) groups is 2. The van der Waals surface area contributed by atoms with E-state index in [1.165, 1.54) is 0 Å². The monoisotopic (exact) mass is 172 g/mol. The van der Waals surface area contributed by atoms with Gasteiger partial charge in [0.15, 0.2) is 0 Å². The van der Waals surface area contributed by atoms with Gasteiger partial charge in [-0.3, -0.25) is 9.69 Å². The molecule has 0 radical (unpaired) electrons. The topological polar surface area (TPSA) is 69.6 Å². The minimum absolute atomic E-state index is 0.0509. The van der Waals surface area contributed by atoms with E-state index >= 15 is 0 Å². The number of amides is 3. The Morgan fingerprint density at radius 2 is 2.33 bits per heavy atom. The third kappa shape index (κ3) is 1.40. The molecule has 1 fully saturated rings. The second kappa shape index (κ2) is 3.53. The third-order valence-electron chi connectivity index (χ3n) is 1.93. The lowest BCUT2D eigenvalue weighted by Crippen LogP contribution is -2.42. The predicted molar refractivity (Wildman–Crippen MR) is 41.4 cm³/mol. The van der Waals surface area contributed by atoms with Crippen molar-refractivity contribution >= 4 is 11.9 Å². The van der Waals surface area contributed by atoms with E-state index in [0.717, 1.165) is 4.90 Å². The molecule has 3 amide bonds. The van der Waals surface area contributed by atoms with Crippen molar-refractivity contribution in [1.82, 2.24) is 10.2 Å². The quantitative estimate of drug-likeness (QED) is 0.553. The van der Waals surface area contributed by atoms with Crippen molar-refractivity contribution in [2.75, 3.05) is 13.2 Å². The maximum absolute atomic E-state index is 11.1. The van der Waals surface area contributed by atoms with Gasteiger partial charge < -0.3 is 10.4 Å². The number of hydrogen-bond donors (Lipinski definition) is 2. The summed E-state index contributed by atoms with van der Waals surface area (Å²) in [4.78, 5) is 23.2. The second-order valence-corrected chi connectivity index (χ2v) is 2.67. The molecule has 0 bridgehead atoms. The molecular weight excluding hydrogens is 160 g/mol. The minimum Gasteiger partial charge on any atom is -0.394 e. The first-order chi connectivity index (χ1) is 5.70. The van der Waals surface area contributed by atoms with E-state index < -0.39 is 6.03 Å². The van der Waals surface area contributed by atoms with Crippen molar-refractivity contribution in [1.29, 1.82) is 0 Å². The molecule has 0 spiro atoms. The second-order valence-electron chi connectivity index (χ2n) is 2.67. The van der Waals surface area contributed by atoms with Crippen LogP contribution < -0.4 is 5.32 Å². The fourth-order valence-corrected chi connectivity index (χ4v) is 1.20. The number of rotatable bonds is 3. The van der Waals surface area contributed by atoms with Gasteiger partial charge in [-0.25, -0.2) is 4.79 Å². The van der Waals surface area contributed by atoms with Crippen LogP contribution in [0.15, 0.2) is 0 Å². The standard InChI is InChI=1S/C7H12N2O3/c1-2-5(4-10)9-6(11)3-8-7(9)12/h5,10H,2-4H2,1H3,(H,8,12)/t5-/m0/s1. The molecule has 1 aliphatic heterocycles. The molecule has 0 aromatic carbocycles. The molecule has 0 saturated carbocycles. The number of urea groups is 1. The van der Waals surface area contributed by atoms with E-state index in [1.54, 1.807) is 0 Å². The van der Waals surface area contributed by atoms with Gasteiger partial charge >= 0.3 is 6.03 Å². The zero-order chi connectivity index (χ0) is 9.14. The maximum Gasteiger partial charge on any atom is 0.324 e. The van der Waals surface area contributed by atoms with Crippen LogP contribution in [0.5, 0.6) is 0 Å². The highest BCUT2D eigenvalue weighted by atomic mass is 16.3. The minimum atomic E-state index is -0.402. The molecule has 1 rings (SSSR count). The number of nitrogens with one attached hydrogen (secondary N) is 1. The van der Waals surface area contributed by atoms with Gasteiger partial charge in [0.05, 0.1) is 19.2 Å². The maximum atomic E-state index is 11.1. The van der Waals surface area contributed by atoms with E-state index in [-0.39, 0.29) is 25.1 Å². The number of aliphatic hydroxyl groups is 1. The van der Waals surface area contributed by atoms with Gasteiger partial charge in [0.25, 0.3) is 0 Å². The summed E-state index contributed by atoms with van der Waals surface area (Å²) in [5, 5.41) is 11.2. The summed E-state index contributed by atoms with van der Waals surface area (Å²) in [5.74, 6) is -0.263. The number of imide groups is 1. The van der Waals surface area contributed by atoms with E-state index in [9.17, 15) is 9.59 Å². The highest BCUT2D eigenvalue weighted by Crippen LogP contribution is 2.08. The Morgan fingerprint density at radius 3 is 2.67 bits per heavy atom. The van der Waals surface area contributed by atoms with Crippen molar-refractivity contribution in [2.45, 2.75) is 19.4 Å². The van der Waals surface area contributed by atoms with Crippen LogP contribution in [0.1, 0.15) is 13.3 Å². The van der Waals surface area contributed by atoms with Crippen molar-refractivity contribution < 1.29 is 14.7 Å². The van der Waals surface area contributed by atoms with E-state index in [0.29, 0.717) is 6.42 Å². The lowest BCUT2D eigenvalue weighted by atomic mass is 10.2. The van der Waals surface area contributed by atoms with Crippen LogP contribution in [0.25, 0.3) is 0 Å². The lowest BCUT2D eigenvalue weighted by Gasteiger charge is -2.21. The van der Waals surface area contributed by atoms with Crippen LogP contribution >= 0.6 is 0 Å². The summed E-state index contributed by atoms with van der Waals surface area (Å²) in [6, 6.07) is -0.777. The first-order valence-electron chi connectivity index (χ1n) is 3.91. The normalized spacial score (nSPS) is 19.7. The molecule has 0 aromatic heterocycles. The van der Waals surface area contributed by atoms with Crippen molar-refractivity contribution in [3.05, 3.63) is 0 Å². The van der Waals surface area contributed by atoms with Crippen molar-refractivity contribution in [2.24, 2.45) is 0 Å². The Kier molecular flexibility index (Phi) is 2.65. The third-order valence-corrected chi connectivity index (χ3v) is 1.93. The van der Waals surface area contributed by atoms with E-state index in [4.69, 9.17) is 5.11 Å². The first-order valence-corrected chi connectivity index (χ1v) is 3.91. The Morgan fingerprint density at radius 1 is 1.67 bits per heavy atom. The zero-order valence-corrected chi connectivity index (χ0v) is 6.91. The van der Waals surface area contributed by atoms with Gasteiger partial charge in [0.2, 0.25) is 5.91 Å². The highest BCUT2D eigenvalue weighted by molar-refractivity contribution is 6.02. The molecule has 12 heavy (non-hydrogen) atoms. The number of hydrogen-bond acceptors (Lipinski definition) is 3. The molecule has 2 N–H and O–H groups in total. The smallest absolute Gasteiger partial charge is 0.324 e. The van der Waals surface area contributed by atoms with Gasteiger partial charge in [-0.15, -0.1) is 0 Å². The van der Waals surface area contributed by atoms with Crippen LogP contribution in [0, 0.1) is 0 Å². The SMILES string of the molecule is CC[C@@H](CO)N1C(=O)CNC1=O. The molecule has 0 unspecified atom stereocenters. The number of carbonyl (C=O) groups excluding carboxylic acids is 2. The molecule has 1 saturated heterocycles. The molecule has 1 aliphatic rings. The highest BCUT2D eigenvalue weighted by Gasteiger charge is 2.33. The lowest BCUT2D eigenvalue weighted by molar-refractivity contribution is -0.127. The zero-order valence-electron chi connectivity index (χ0n) is 6.91. The van der Waals surface area contributed by atoms with Gasteiger partial charge in [0.1, 0.15) is 0 Å². The Labute approximate surface area is 70.4 Å². The van der Waals surface area contributed by atoms with Gasteiger partial charge in [-0.2, -0.15) is 0 Å². The molecule has 0 aromatic rings. The van der Waals surface area contributed by atoms with Crippen LogP contribution in [0.2, 0.25) is 0 Å². The summed E-state index contributed by atoms with van der Waals surface area (Å²) in [5.41, 5.74) is 0. The summed E-state index contributed by atoms with van der Waals surface area (Å²) in [7, 11) is 0. The molecule has 5 nitrogen and oxygen atoms in total. The van der Waals surface area contributed by atoms with E-state index in [1.807, 2.05) is 6.92 Å². The summed E-state index contributed by atoms with van der Waals surface area (Å²) in [6.07, 6.45) is 0.579. The summed E-state index contributed by atoms with van der Waals surface area (Å²) >= 11 is 0. The Hall–Kier alpha value is -1.10. The van der Waals surface area contributed by atoms with Gasteiger partial charge in [-0.1, -0.05) is 6.92 Å². The number of nitrogens with zero attached hydrogens (tertiary/aromatic N) is 1. The Bertz CT molecular complexity index is 185. The van der Waals surface area contributed by atoms with E-state index in [2.05, 4.69) is 5.32 Å². The summed E-state index contributed by atoms with van der Waals surface area (Å²) in [6.45, 7) is 1.70. The van der Waals surface area contributed by atoms with Gasteiger partial charge in [0, 0.05) is 0 Å². The molecule has 1 heterocycles. The van der Waals surface area contributed by atoms with Crippen LogP contribution in [0.4, 0.5) is 4.79 Å². The number of aliphatic hydroxyl groups excluding tert-OH is 1. The van der Waals surface area contributed by atoms with Crippen molar-refractivity contribution in [3.8, 4) is 0 Å². The predicted octanol–water partition coefficient (Wildman–Crippen LogP) is -0.691. The average Bonchev–Trinajstić information content (AvgIpc) is 2.38. The molecule has 1 atom stereocenters. The average molecular weight is 172 g/mol. The van der Waals surface area contributed by atoms with Crippen LogP contribution in [-0.4, -0.2) is 41.1 Å². The first kappa shape index (κ1) is 8.99. The van der Waals surface area contributed by atoms with Crippen LogP contribution in [-0.2, 0) is 4.79 Å². The molecular formula is C7H12N2O3. The molecule has 0 aliphatic carbocycles.